The van der Waals surface area contributed by atoms with E-state index in [1.807, 2.05) is 0 Å². The summed E-state index contributed by atoms with van der Waals surface area (Å²) in [5.41, 5.74) is 5.97. The number of aliphatic imine (C=N–C) groups is 1. The third-order valence-electron chi connectivity index (χ3n) is 7.97. The van der Waals surface area contributed by atoms with Crippen LogP contribution in [0.2, 0.25) is 0 Å². The van der Waals surface area contributed by atoms with Crippen LogP contribution in [-0.4, -0.2) is 46.3 Å². The van der Waals surface area contributed by atoms with Crippen LogP contribution in [0.4, 0.5) is 0 Å². The highest BCUT2D eigenvalue weighted by molar-refractivity contribution is 6.06. The fourth-order valence-corrected chi connectivity index (χ4v) is 6.17. The maximum atomic E-state index is 13.3. The number of nitrogens with two attached hydrogens (primary N) is 1. The minimum atomic E-state index is -0.729. The van der Waals surface area contributed by atoms with Gasteiger partial charge in [-0.2, -0.15) is 0 Å². The Balaban J connectivity index is 1.38. The van der Waals surface area contributed by atoms with Crippen LogP contribution in [0.1, 0.15) is 93.8 Å². The molecule has 2 saturated carbocycles. The predicted molar refractivity (Wildman–Crippen MR) is 130 cm³/mol. The standard InChI is InChI=1S/C26H39N5O2/c1-31-24(33)26(30-25(31)27,14-6-11-19-8-3-2-4-9-19)17-20-10-5-13-22(16-20)29-23(32)21-12-7-15-28-18-21/h7,12,15,18-20,22H,2-6,8-11,13-14,16-17H2,1H3,(H2,27,30)(H,29,32)/t20-,22+,26+/m0/s1. The van der Waals surface area contributed by atoms with Crippen LogP contribution >= 0.6 is 0 Å². The first-order valence-corrected chi connectivity index (χ1v) is 12.8. The van der Waals surface area contributed by atoms with E-state index in [4.69, 9.17) is 10.7 Å². The van der Waals surface area contributed by atoms with Gasteiger partial charge in [-0.25, -0.2) is 4.99 Å². The Hall–Kier alpha value is -2.44. The summed E-state index contributed by atoms with van der Waals surface area (Å²) < 4.78 is 0. The second-order valence-corrected chi connectivity index (χ2v) is 10.4. The molecule has 2 heterocycles. The molecular weight excluding hydrogens is 414 g/mol. The molecule has 1 aliphatic heterocycles. The van der Waals surface area contributed by atoms with Crippen molar-refractivity contribution >= 4 is 17.8 Å². The van der Waals surface area contributed by atoms with Gasteiger partial charge in [0.05, 0.1) is 5.56 Å². The zero-order valence-corrected chi connectivity index (χ0v) is 20.0. The van der Waals surface area contributed by atoms with Gasteiger partial charge in [-0.05, 0) is 49.7 Å². The molecule has 1 aromatic rings. The van der Waals surface area contributed by atoms with Crippen molar-refractivity contribution in [2.45, 2.75) is 95.1 Å². The van der Waals surface area contributed by atoms with Crippen molar-refractivity contribution in [2.75, 3.05) is 7.05 Å². The van der Waals surface area contributed by atoms with E-state index < -0.39 is 5.54 Å². The normalized spacial score (nSPS) is 28.6. The summed E-state index contributed by atoms with van der Waals surface area (Å²) in [7, 11) is 1.74. The predicted octanol–water partition coefficient (Wildman–Crippen LogP) is 4.04. The van der Waals surface area contributed by atoms with E-state index in [-0.39, 0.29) is 17.9 Å². The lowest BCUT2D eigenvalue weighted by molar-refractivity contribution is -0.131. The number of carbonyl (C=O) groups is 2. The zero-order chi connectivity index (χ0) is 23.3. The Kier molecular flexibility index (Phi) is 7.66. The van der Waals surface area contributed by atoms with Gasteiger partial charge in [-0.15, -0.1) is 0 Å². The van der Waals surface area contributed by atoms with Gasteiger partial charge in [0.1, 0.15) is 5.54 Å². The van der Waals surface area contributed by atoms with E-state index in [0.29, 0.717) is 17.4 Å². The van der Waals surface area contributed by atoms with Crippen molar-refractivity contribution in [3.8, 4) is 0 Å². The molecule has 7 heteroatoms. The molecule has 0 unspecified atom stereocenters. The molecule has 0 bridgehead atoms. The number of amides is 2. The van der Waals surface area contributed by atoms with Gasteiger partial charge in [0.25, 0.3) is 11.8 Å². The number of rotatable bonds is 8. The van der Waals surface area contributed by atoms with Gasteiger partial charge in [-0.3, -0.25) is 19.5 Å². The molecule has 2 amide bonds. The highest BCUT2D eigenvalue weighted by atomic mass is 16.2. The Morgan fingerprint density at radius 3 is 2.67 bits per heavy atom. The molecule has 3 N–H and O–H groups in total. The van der Waals surface area contributed by atoms with E-state index in [1.165, 1.54) is 43.4 Å². The fraction of sp³-hybridized carbons (Fsp3) is 0.692. The van der Waals surface area contributed by atoms with Crippen LogP contribution in [0.25, 0.3) is 0 Å². The second-order valence-electron chi connectivity index (χ2n) is 10.4. The van der Waals surface area contributed by atoms with Gasteiger partial charge in [-0.1, -0.05) is 57.8 Å². The maximum Gasteiger partial charge on any atom is 0.257 e. The second kappa shape index (κ2) is 10.7. The van der Waals surface area contributed by atoms with Gasteiger partial charge in [0.2, 0.25) is 0 Å². The molecule has 2 aliphatic carbocycles. The van der Waals surface area contributed by atoms with Gasteiger partial charge >= 0.3 is 0 Å². The van der Waals surface area contributed by atoms with Crippen molar-refractivity contribution < 1.29 is 9.59 Å². The van der Waals surface area contributed by atoms with Crippen molar-refractivity contribution in [2.24, 2.45) is 22.6 Å². The third-order valence-corrected chi connectivity index (χ3v) is 7.97. The third kappa shape index (κ3) is 5.74. The molecule has 4 rings (SSSR count). The molecule has 0 spiro atoms. The molecule has 0 aromatic carbocycles. The zero-order valence-electron chi connectivity index (χ0n) is 20.0. The molecule has 3 atom stereocenters. The number of hydrogen-bond acceptors (Lipinski definition) is 5. The summed E-state index contributed by atoms with van der Waals surface area (Å²) in [6, 6.07) is 3.68. The van der Waals surface area contributed by atoms with Crippen molar-refractivity contribution in [3.05, 3.63) is 30.1 Å². The van der Waals surface area contributed by atoms with Gasteiger partial charge in [0.15, 0.2) is 5.96 Å². The quantitative estimate of drug-likeness (QED) is 0.620. The average Bonchev–Trinajstić information content (AvgIpc) is 3.04. The van der Waals surface area contributed by atoms with Crippen LogP contribution in [0.3, 0.4) is 0 Å². The fourth-order valence-electron chi connectivity index (χ4n) is 6.17. The minimum absolute atomic E-state index is 0.0464. The number of aromatic nitrogens is 1. The lowest BCUT2D eigenvalue weighted by Gasteiger charge is -2.35. The Bertz CT molecular complexity index is 851. The highest BCUT2D eigenvalue weighted by Crippen LogP contribution is 2.39. The largest absolute Gasteiger partial charge is 0.369 e. The maximum absolute atomic E-state index is 13.3. The number of likely N-dealkylation sites (N-methyl/N-ethyl adjacent to an activating group) is 1. The van der Waals surface area contributed by atoms with E-state index >= 15 is 0 Å². The molecule has 180 valence electrons. The number of nitrogens with one attached hydrogen (secondary N) is 1. The van der Waals surface area contributed by atoms with Crippen LogP contribution < -0.4 is 11.1 Å². The van der Waals surface area contributed by atoms with Crippen molar-refractivity contribution in [1.29, 1.82) is 0 Å². The molecule has 33 heavy (non-hydrogen) atoms. The molecule has 3 aliphatic rings. The Labute approximate surface area is 197 Å². The number of guanidine groups is 1. The molecule has 0 radical (unpaired) electrons. The summed E-state index contributed by atoms with van der Waals surface area (Å²) in [6.07, 6.45) is 17.6. The first-order chi connectivity index (χ1) is 16.0. The van der Waals surface area contributed by atoms with E-state index in [0.717, 1.165) is 50.9 Å². The Morgan fingerprint density at radius 1 is 1.18 bits per heavy atom. The summed E-state index contributed by atoms with van der Waals surface area (Å²) in [5, 5.41) is 3.18. The summed E-state index contributed by atoms with van der Waals surface area (Å²) in [5.74, 6) is 1.46. The molecular formula is C26H39N5O2. The summed E-state index contributed by atoms with van der Waals surface area (Å²) in [4.78, 5) is 36.2. The number of carbonyl (C=O) groups excluding carboxylic acids is 2. The lowest BCUT2D eigenvalue weighted by atomic mass is 9.75. The number of nitrogens with zero attached hydrogens (tertiary/aromatic N) is 3. The SMILES string of the molecule is CN1C(=O)[C@@](CCCC2CCCCC2)(C[C@H]2CCC[C@@H](NC(=O)c3cccnc3)C2)N=C1N. The number of pyridine rings is 1. The first-order valence-electron chi connectivity index (χ1n) is 12.8. The van der Waals surface area contributed by atoms with Crippen molar-refractivity contribution in [1.82, 2.24) is 15.2 Å². The van der Waals surface area contributed by atoms with E-state index in [1.54, 1.807) is 31.6 Å². The summed E-state index contributed by atoms with van der Waals surface area (Å²) >= 11 is 0. The van der Waals surface area contributed by atoms with E-state index in [2.05, 4.69) is 10.3 Å². The topological polar surface area (TPSA) is 101 Å². The van der Waals surface area contributed by atoms with Crippen LogP contribution in [0.15, 0.2) is 29.5 Å². The van der Waals surface area contributed by atoms with Crippen LogP contribution in [-0.2, 0) is 4.79 Å². The lowest BCUT2D eigenvalue weighted by Crippen LogP contribution is -2.45. The Morgan fingerprint density at radius 2 is 1.97 bits per heavy atom. The molecule has 7 nitrogen and oxygen atoms in total. The average molecular weight is 454 g/mol. The van der Waals surface area contributed by atoms with E-state index in [9.17, 15) is 9.59 Å². The molecule has 2 fully saturated rings. The first kappa shape index (κ1) is 23.7. The monoisotopic (exact) mass is 453 g/mol. The van der Waals surface area contributed by atoms with Crippen LogP contribution in [0.5, 0.6) is 0 Å². The minimum Gasteiger partial charge on any atom is -0.369 e. The molecule has 0 saturated heterocycles. The van der Waals surface area contributed by atoms with Crippen molar-refractivity contribution in [3.63, 3.8) is 0 Å². The smallest absolute Gasteiger partial charge is 0.257 e. The van der Waals surface area contributed by atoms with Gasteiger partial charge < -0.3 is 11.1 Å². The van der Waals surface area contributed by atoms with Gasteiger partial charge in [0, 0.05) is 25.5 Å². The molecule has 1 aromatic heterocycles. The highest BCUT2D eigenvalue weighted by Gasteiger charge is 2.47. The summed E-state index contributed by atoms with van der Waals surface area (Å²) in [6.45, 7) is 0. The number of hydrogen-bond donors (Lipinski definition) is 2. The van der Waals surface area contributed by atoms with Crippen LogP contribution in [0, 0.1) is 11.8 Å².